The summed E-state index contributed by atoms with van der Waals surface area (Å²) in [5, 5.41) is 5.95. The van der Waals surface area contributed by atoms with Crippen molar-refractivity contribution < 1.29 is 14.0 Å². The number of benzene rings is 2. The highest BCUT2D eigenvalue weighted by atomic mass is 127. The second-order valence-electron chi connectivity index (χ2n) is 7.45. The minimum absolute atomic E-state index is 0.0104. The SMILES string of the molecule is O=C(Nc1ncc(I)cc1F)c1cc(NC(=O)C2C(c3cc(Cl)cc(Cl)c3)C2(Cl)Cl)ccc1Cl. The molecule has 2 unspecified atom stereocenters. The van der Waals surface area contributed by atoms with E-state index in [0.717, 1.165) is 0 Å². The van der Waals surface area contributed by atoms with Crippen LogP contribution in [0.1, 0.15) is 21.8 Å². The van der Waals surface area contributed by atoms with Gasteiger partial charge in [0.05, 0.1) is 16.5 Å². The first-order chi connectivity index (χ1) is 16.0. The van der Waals surface area contributed by atoms with Gasteiger partial charge in [0.1, 0.15) is 4.33 Å². The van der Waals surface area contributed by atoms with E-state index in [4.69, 9.17) is 58.0 Å². The molecule has 0 spiro atoms. The van der Waals surface area contributed by atoms with Gasteiger partial charge in [0.25, 0.3) is 5.91 Å². The van der Waals surface area contributed by atoms with E-state index in [-0.39, 0.29) is 22.1 Å². The smallest absolute Gasteiger partial charge is 0.258 e. The molecule has 1 aromatic heterocycles. The molecule has 12 heteroatoms. The molecule has 1 fully saturated rings. The summed E-state index contributed by atoms with van der Waals surface area (Å²) in [4.78, 5) is 29.5. The summed E-state index contributed by atoms with van der Waals surface area (Å²) in [6.45, 7) is 0. The van der Waals surface area contributed by atoms with Crippen LogP contribution in [0.3, 0.4) is 0 Å². The van der Waals surface area contributed by atoms with Gasteiger partial charge in [0.2, 0.25) is 5.91 Å². The number of anilines is 2. The zero-order chi connectivity index (χ0) is 24.8. The quantitative estimate of drug-likeness (QED) is 0.217. The lowest BCUT2D eigenvalue weighted by molar-refractivity contribution is -0.117. The molecule has 3 aromatic rings. The van der Waals surface area contributed by atoms with Gasteiger partial charge < -0.3 is 10.6 Å². The fourth-order valence-electron chi connectivity index (χ4n) is 3.50. The predicted molar refractivity (Wildman–Crippen MR) is 142 cm³/mol. The molecular formula is C22H12Cl5FIN3O2. The maximum atomic E-state index is 14.1. The minimum Gasteiger partial charge on any atom is -0.326 e. The number of nitrogens with zero attached hydrogens (tertiary/aromatic N) is 1. The number of hydrogen-bond donors (Lipinski definition) is 2. The second kappa shape index (κ2) is 9.95. The molecule has 5 nitrogen and oxygen atoms in total. The maximum absolute atomic E-state index is 14.1. The summed E-state index contributed by atoms with van der Waals surface area (Å²) >= 11 is 32.9. The molecule has 1 saturated carbocycles. The number of halogens is 7. The third kappa shape index (κ3) is 5.39. The van der Waals surface area contributed by atoms with Crippen molar-refractivity contribution in [2.24, 2.45) is 5.92 Å². The Labute approximate surface area is 232 Å². The van der Waals surface area contributed by atoms with Crippen molar-refractivity contribution >= 4 is 104 Å². The second-order valence-corrected chi connectivity index (χ2v) is 11.4. The molecule has 1 aliphatic carbocycles. The van der Waals surface area contributed by atoms with Crippen LogP contribution in [-0.4, -0.2) is 21.1 Å². The normalized spacial score (nSPS) is 18.3. The highest BCUT2D eigenvalue weighted by molar-refractivity contribution is 14.1. The van der Waals surface area contributed by atoms with Gasteiger partial charge in [-0.25, -0.2) is 9.37 Å². The van der Waals surface area contributed by atoms with Gasteiger partial charge in [-0.15, -0.1) is 23.2 Å². The molecule has 2 N–H and O–H groups in total. The van der Waals surface area contributed by atoms with Crippen LogP contribution >= 0.6 is 80.6 Å². The summed E-state index contributed by atoms with van der Waals surface area (Å²) in [5.74, 6) is -3.42. The van der Waals surface area contributed by atoms with Crippen LogP contribution in [0.4, 0.5) is 15.9 Å². The van der Waals surface area contributed by atoms with E-state index in [1.54, 1.807) is 18.2 Å². The Bertz CT molecular complexity index is 1300. The summed E-state index contributed by atoms with van der Waals surface area (Å²) in [7, 11) is 0. The molecule has 176 valence electrons. The largest absolute Gasteiger partial charge is 0.326 e. The number of aromatic nitrogens is 1. The molecule has 0 bridgehead atoms. The highest BCUT2D eigenvalue weighted by Gasteiger charge is 2.67. The van der Waals surface area contributed by atoms with Gasteiger partial charge in [-0.05, 0) is 70.6 Å². The zero-order valence-electron chi connectivity index (χ0n) is 16.7. The average Bonchev–Trinajstić information content (AvgIpc) is 3.33. The molecule has 34 heavy (non-hydrogen) atoms. The first kappa shape index (κ1) is 25.7. The van der Waals surface area contributed by atoms with E-state index in [2.05, 4.69) is 15.6 Å². The van der Waals surface area contributed by atoms with Gasteiger partial charge in [-0.3, -0.25) is 9.59 Å². The lowest BCUT2D eigenvalue weighted by Gasteiger charge is -2.10. The topological polar surface area (TPSA) is 71.1 Å². The highest BCUT2D eigenvalue weighted by Crippen LogP contribution is 2.65. The van der Waals surface area contributed by atoms with Gasteiger partial charge in [0.15, 0.2) is 11.6 Å². The molecule has 4 rings (SSSR count). The summed E-state index contributed by atoms with van der Waals surface area (Å²) < 4.78 is 13.3. The number of alkyl halides is 2. The summed E-state index contributed by atoms with van der Waals surface area (Å²) in [5.41, 5.74) is 0.913. The Balaban J connectivity index is 1.52. The Morgan fingerprint density at radius 3 is 2.32 bits per heavy atom. The van der Waals surface area contributed by atoms with Crippen LogP contribution in [-0.2, 0) is 4.79 Å². The molecule has 1 aliphatic rings. The van der Waals surface area contributed by atoms with E-state index in [9.17, 15) is 14.0 Å². The lowest BCUT2D eigenvalue weighted by atomic mass is 10.1. The van der Waals surface area contributed by atoms with Gasteiger partial charge >= 0.3 is 0 Å². The number of nitrogens with one attached hydrogen (secondary N) is 2. The van der Waals surface area contributed by atoms with E-state index < -0.39 is 33.8 Å². The first-order valence-corrected chi connectivity index (χ1v) is 12.5. The fraction of sp³-hybridized carbons (Fsp3) is 0.136. The molecule has 2 atom stereocenters. The number of carbonyl (C=O) groups is 2. The van der Waals surface area contributed by atoms with Crippen LogP contribution in [0.25, 0.3) is 0 Å². The van der Waals surface area contributed by atoms with Crippen LogP contribution < -0.4 is 10.6 Å². The van der Waals surface area contributed by atoms with Crippen LogP contribution in [0.15, 0.2) is 48.7 Å². The zero-order valence-corrected chi connectivity index (χ0v) is 22.6. The minimum atomic E-state index is -1.36. The summed E-state index contributed by atoms with van der Waals surface area (Å²) in [6.07, 6.45) is 1.40. The van der Waals surface area contributed by atoms with Crippen molar-refractivity contribution in [2.45, 2.75) is 10.3 Å². The van der Waals surface area contributed by atoms with Crippen molar-refractivity contribution in [2.75, 3.05) is 10.6 Å². The van der Waals surface area contributed by atoms with Gasteiger partial charge in [0, 0.05) is 31.4 Å². The third-order valence-electron chi connectivity index (χ3n) is 5.10. The number of hydrogen-bond acceptors (Lipinski definition) is 3. The Kier molecular flexibility index (Phi) is 7.53. The van der Waals surface area contributed by atoms with Crippen molar-refractivity contribution in [3.8, 4) is 0 Å². The van der Waals surface area contributed by atoms with E-state index in [1.165, 1.54) is 30.5 Å². The van der Waals surface area contributed by atoms with E-state index >= 15 is 0 Å². The Morgan fingerprint density at radius 2 is 1.68 bits per heavy atom. The molecule has 0 saturated heterocycles. The maximum Gasteiger partial charge on any atom is 0.258 e. The number of amides is 2. The Hall–Kier alpha value is -1.36. The van der Waals surface area contributed by atoms with Gasteiger partial charge in [-0.2, -0.15) is 0 Å². The molecular weight excluding hydrogens is 661 g/mol. The average molecular weight is 674 g/mol. The van der Waals surface area contributed by atoms with Gasteiger partial charge in [-0.1, -0.05) is 34.8 Å². The molecule has 2 aromatic carbocycles. The standard InChI is InChI=1S/C22H12Cl5FIN3O2/c23-10-3-9(4-11(24)5-10)17-18(22(17,26)27)21(34)31-13-1-2-15(25)14(7-13)20(33)32-19-16(28)6-12(29)8-30-19/h1-8,17-18H,(H,31,34)(H,30,32,33). The predicted octanol–water partition coefficient (Wildman–Crippen LogP) is 7.56. The number of pyridine rings is 1. The lowest BCUT2D eigenvalue weighted by Crippen LogP contribution is -2.18. The Morgan fingerprint density at radius 1 is 1.00 bits per heavy atom. The van der Waals surface area contributed by atoms with Crippen molar-refractivity contribution in [1.82, 2.24) is 4.98 Å². The monoisotopic (exact) mass is 671 g/mol. The van der Waals surface area contributed by atoms with Crippen LogP contribution in [0.5, 0.6) is 0 Å². The third-order valence-corrected chi connectivity index (χ3v) is 7.39. The number of rotatable bonds is 5. The van der Waals surface area contributed by atoms with Crippen molar-refractivity contribution in [3.63, 3.8) is 0 Å². The fourth-order valence-corrected chi connectivity index (χ4v) is 5.49. The first-order valence-electron chi connectivity index (χ1n) is 9.54. The van der Waals surface area contributed by atoms with E-state index in [0.29, 0.717) is 19.2 Å². The van der Waals surface area contributed by atoms with E-state index in [1.807, 2.05) is 22.6 Å². The molecule has 0 radical (unpaired) electrons. The van der Waals surface area contributed by atoms with Crippen molar-refractivity contribution in [3.05, 3.63) is 84.2 Å². The summed E-state index contributed by atoms with van der Waals surface area (Å²) in [6, 6.07) is 10.4. The molecule has 0 aliphatic heterocycles. The number of carbonyl (C=O) groups excluding carboxylic acids is 2. The van der Waals surface area contributed by atoms with Crippen LogP contribution in [0, 0.1) is 15.3 Å². The molecule has 1 heterocycles. The van der Waals surface area contributed by atoms with Crippen molar-refractivity contribution in [1.29, 1.82) is 0 Å². The molecule has 2 amide bonds. The van der Waals surface area contributed by atoms with Crippen LogP contribution in [0.2, 0.25) is 15.1 Å².